The summed E-state index contributed by atoms with van der Waals surface area (Å²) >= 11 is 0. The van der Waals surface area contributed by atoms with Crippen LogP contribution in [0.15, 0.2) is 37.1 Å². The van der Waals surface area contributed by atoms with E-state index in [4.69, 9.17) is 0 Å². The SMILES string of the molecule is O=C(CC1CCCC1)NCc1ccc(-n2ccnc2)nc1. The second-order valence-electron chi connectivity index (χ2n) is 5.63. The third-order valence-electron chi connectivity index (χ3n) is 4.02. The van der Waals surface area contributed by atoms with E-state index in [1.165, 1.54) is 25.7 Å². The van der Waals surface area contributed by atoms with E-state index < -0.39 is 0 Å². The number of carbonyl (C=O) groups is 1. The minimum Gasteiger partial charge on any atom is -0.352 e. The van der Waals surface area contributed by atoms with Crippen LogP contribution < -0.4 is 5.32 Å². The molecule has 2 aromatic heterocycles. The Labute approximate surface area is 124 Å². The highest BCUT2D eigenvalue weighted by Gasteiger charge is 2.18. The van der Waals surface area contributed by atoms with Crippen LogP contribution in [0.25, 0.3) is 5.82 Å². The van der Waals surface area contributed by atoms with Gasteiger partial charge in [0.1, 0.15) is 12.1 Å². The van der Waals surface area contributed by atoms with Crippen LogP contribution in [-0.2, 0) is 11.3 Å². The summed E-state index contributed by atoms with van der Waals surface area (Å²) in [5.74, 6) is 1.57. The molecule has 0 saturated heterocycles. The summed E-state index contributed by atoms with van der Waals surface area (Å²) in [5, 5.41) is 2.98. The molecule has 1 saturated carbocycles. The summed E-state index contributed by atoms with van der Waals surface area (Å²) < 4.78 is 1.85. The predicted octanol–water partition coefficient (Wildman–Crippen LogP) is 2.46. The van der Waals surface area contributed by atoms with E-state index in [0.717, 1.165) is 11.4 Å². The largest absolute Gasteiger partial charge is 0.352 e. The standard InChI is InChI=1S/C16H20N4O/c21-16(9-13-3-1-2-4-13)19-11-14-5-6-15(18-10-14)20-8-7-17-12-20/h5-8,10,12-13H,1-4,9,11H2,(H,19,21). The molecule has 2 heterocycles. The molecule has 1 aliphatic carbocycles. The zero-order chi connectivity index (χ0) is 14.5. The van der Waals surface area contributed by atoms with Crippen molar-refractivity contribution in [2.24, 2.45) is 5.92 Å². The third-order valence-corrected chi connectivity index (χ3v) is 4.02. The van der Waals surface area contributed by atoms with Crippen LogP contribution in [0.1, 0.15) is 37.7 Å². The Morgan fingerprint density at radius 1 is 1.33 bits per heavy atom. The molecule has 1 N–H and O–H groups in total. The van der Waals surface area contributed by atoms with Gasteiger partial charge in [-0.3, -0.25) is 9.36 Å². The topological polar surface area (TPSA) is 59.8 Å². The molecule has 0 spiro atoms. The molecule has 3 rings (SSSR count). The highest BCUT2D eigenvalue weighted by Crippen LogP contribution is 2.27. The first kappa shape index (κ1) is 13.8. The number of pyridine rings is 1. The summed E-state index contributed by atoms with van der Waals surface area (Å²) in [4.78, 5) is 20.3. The van der Waals surface area contributed by atoms with Gasteiger partial charge >= 0.3 is 0 Å². The van der Waals surface area contributed by atoms with Crippen LogP contribution in [0, 0.1) is 5.92 Å². The van der Waals surface area contributed by atoms with Crippen LogP contribution in [0.3, 0.4) is 0 Å². The van der Waals surface area contributed by atoms with Gasteiger partial charge in [0.25, 0.3) is 0 Å². The molecule has 5 nitrogen and oxygen atoms in total. The lowest BCUT2D eigenvalue weighted by Gasteiger charge is -2.10. The number of aromatic nitrogens is 3. The fourth-order valence-corrected chi connectivity index (χ4v) is 2.82. The van der Waals surface area contributed by atoms with Gasteiger partial charge in [-0.1, -0.05) is 18.9 Å². The Hall–Kier alpha value is -2.17. The Bertz CT molecular complexity index is 571. The lowest BCUT2D eigenvalue weighted by atomic mass is 10.0. The second-order valence-corrected chi connectivity index (χ2v) is 5.63. The van der Waals surface area contributed by atoms with Crippen molar-refractivity contribution in [3.05, 3.63) is 42.6 Å². The Morgan fingerprint density at radius 2 is 2.19 bits per heavy atom. The maximum Gasteiger partial charge on any atom is 0.220 e. The van der Waals surface area contributed by atoms with E-state index in [9.17, 15) is 4.79 Å². The van der Waals surface area contributed by atoms with Crippen molar-refractivity contribution in [1.82, 2.24) is 19.9 Å². The molecule has 1 amide bonds. The summed E-state index contributed by atoms with van der Waals surface area (Å²) in [6.45, 7) is 0.544. The van der Waals surface area contributed by atoms with Gasteiger partial charge < -0.3 is 5.32 Å². The number of hydrogen-bond acceptors (Lipinski definition) is 3. The average Bonchev–Trinajstić information content (AvgIpc) is 3.19. The van der Waals surface area contributed by atoms with Crippen LogP contribution in [0.2, 0.25) is 0 Å². The Kier molecular flexibility index (Phi) is 4.28. The molecule has 0 unspecified atom stereocenters. The summed E-state index contributed by atoms with van der Waals surface area (Å²) in [7, 11) is 0. The van der Waals surface area contributed by atoms with Crippen molar-refractivity contribution in [3.8, 4) is 5.82 Å². The number of rotatable bonds is 5. The van der Waals surface area contributed by atoms with Gasteiger partial charge in [0.2, 0.25) is 5.91 Å². The first-order valence-electron chi connectivity index (χ1n) is 7.51. The minimum absolute atomic E-state index is 0.153. The fourth-order valence-electron chi connectivity index (χ4n) is 2.82. The number of nitrogens with one attached hydrogen (secondary N) is 1. The van der Waals surface area contributed by atoms with Crippen molar-refractivity contribution >= 4 is 5.91 Å². The molecular weight excluding hydrogens is 264 g/mol. The highest BCUT2D eigenvalue weighted by molar-refractivity contribution is 5.76. The molecule has 2 aromatic rings. The van der Waals surface area contributed by atoms with Crippen LogP contribution in [-0.4, -0.2) is 20.4 Å². The zero-order valence-electron chi connectivity index (χ0n) is 12.0. The van der Waals surface area contributed by atoms with Crippen molar-refractivity contribution in [2.75, 3.05) is 0 Å². The average molecular weight is 284 g/mol. The third kappa shape index (κ3) is 3.68. The number of carbonyl (C=O) groups excluding carboxylic acids is 1. The van der Waals surface area contributed by atoms with Gasteiger partial charge in [-0.05, 0) is 30.4 Å². The van der Waals surface area contributed by atoms with Crippen molar-refractivity contribution < 1.29 is 4.79 Å². The maximum absolute atomic E-state index is 11.9. The van der Waals surface area contributed by atoms with Crippen LogP contribution in [0.5, 0.6) is 0 Å². The van der Waals surface area contributed by atoms with E-state index in [1.54, 1.807) is 18.7 Å². The monoisotopic (exact) mass is 284 g/mol. The van der Waals surface area contributed by atoms with Gasteiger partial charge in [-0.15, -0.1) is 0 Å². The van der Waals surface area contributed by atoms with Gasteiger partial charge in [0.15, 0.2) is 0 Å². The summed E-state index contributed by atoms with van der Waals surface area (Å²) in [6, 6.07) is 3.92. The second kappa shape index (κ2) is 6.52. The van der Waals surface area contributed by atoms with Crippen molar-refractivity contribution in [3.63, 3.8) is 0 Å². The van der Waals surface area contributed by atoms with E-state index in [0.29, 0.717) is 18.9 Å². The zero-order valence-corrected chi connectivity index (χ0v) is 12.0. The van der Waals surface area contributed by atoms with E-state index >= 15 is 0 Å². The number of amides is 1. The molecule has 0 aliphatic heterocycles. The van der Waals surface area contributed by atoms with Gasteiger partial charge in [-0.2, -0.15) is 0 Å². The molecule has 0 bridgehead atoms. The quantitative estimate of drug-likeness (QED) is 0.917. The van der Waals surface area contributed by atoms with E-state index in [1.807, 2.05) is 22.9 Å². The molecule has 1 fully saturated rings. The maximum atomic E-state index is 11.9. The Morgan fingerprint density at radius 3 is 2.86 bits per heavy atom. The summed E-state index contributed by atoms with van der Waals surface area (Å²) in [6.07, 6.45) is 12.7. The van der Waals surface area contributed by atoms with Crippen LogP contribution >= 0.6 is 0 Å². The molecule has 21 heavy (non-hydrogen) atoms. The van der Waals surface area contributed by atoms with Crippen molar-refractivity contribution in [2.45, 2.75) is 38.6 Å². The fraction of sp³-hybridized carbons (Fsp3) is 0.438. The lowest BCUT2D eigenvalue weighted by Crippen LogP contribution is -2.24. The number of hydrogen-bond donors (Lipinski definition) is 1. The summed E-state index contributed by atoms with van der Waals surface area (Å²) in [5.41, 5.74) is 1.01. The highest BCUT2D eigenvalue weighted by atomic mass is 16.1. The van der Waals surface area contributed by atoms with Crippen LogP contribution in [0.4, 0.5) is 0 Å². The normalized spacial score (nSPS) is 15.2. The van der Waals surface area contributed by atoms with E-state index in [-0.39, 0.29) is 5.91 Å². The number of imidazole rings is 1. The lowest BCUT2D eigenvalue weighted by molar-refractivity contribution is -0.122. The molecule has 1 aliphatic rings. The molecule has 0 radical (unpaired) electrons. The van der Waals surface area contributed by atoms with E-state index in [2.05, 4.69) is 15.3 Å². The smallest absolute Gasteiger partial charge is 0.220 e. The van der Waals surface area contributed by atoms with Gasteiger partial charge in [0, 0.05) is 31.6 Å². The molecular formula is C16H20N4O. The molecule has 5 heteroatoms. The predicted molar refractivity (Wildman–Crippen MR) is 79.8 cm³/mol. The Balaban J connectivity index is 1.50. The first-order valence-corrected chi connectivity index (χ1v) is 7.51. The van der Waals surface area contributed by atoms with Gasteiger partial charge in [-0.25, -0.2) is 9.97 Å². The first-order chi connectivity index (χ1) is 10.3. The van der Waals surface area contributed by atoms with Crippen molar-refractivity contribution in [1.29, 1.82) is 0 Å². The molecule has 0 atom stereocenters. The number of nitrogens with zero attached hydrogens (tertiary/aromatic N) is 3. The minimum atomic E-state index is 0.153. The molecule has 0 aromatic carbocycles. The van der Waals surface area contributed by atoms with Gasteiger partial charge in [0.05, 0.1) is 0 Å². The molecule has 110 valence electrons.